The Kier molecular flexibility index (Phi) is 3.77. The molecule has 1 aromatic heterocycles. The number of aromatic nitrogens is 2. The number of hydrogen-bond acceptors (Lipinski definition) is 5. The van der Waals surface area contributed by atoms with Crippen LogP contribution in [0.25, 0.3) is 11.0 Å². The Morgan fingerprint density at radius 2 is 1.73 bits per heavy atom. The largest absolute Gasteiger partial charge is 0.618 e. The lowest BCUT2D eigenvalue weighted by Gasteiger charge is -2.12. The lowest BCUT2D eigenvalue weighted by molar-refractivity contribution is -0.354. The standard InChI is InChI=1S/C16H16N4OS/c1-11-4-5-12(16-15(11)17-22-18-16)10-20(21)14-8-6-13(7-9-14)19(2)3/h4-10H,1-3H3/b20-10+. The minimum Gasteiger partial charge on any atom is -0.618 e. The van der Waals surface area contributed by atoms with Gasteiger partial charge in [-0.1, -0.05) is 6.07 Å². The molecule has 112 valence electrons. The zero-order valence-corrected chi connectivity index (χ0v) is 13.5. The average molecular weight is 312 g/mol. The van der Waals surface area contributed by atoms with E-state index >= 15 is 0 Å². The molecule has 0 bridgehead atoms. The summed E-state index contributed by atoms with van der Waals surface area (Å²) >= 11 is 1.16. The lowest BCUT2D eigenvalue weighted by atomic mass is 10.1. The summed E-state index contributed by atoms with van der Waals surface area (Å²) in [4.78, 5) is 1.99. The highest BCUT2D eigenvalue weighted by molar-refractivity contribution is 7.00. The second-order valence-electron chi connectivity index (χ2n) is 5.30. The number of fused-ring (bicyclic) bond motifs is 1. The highest BCUT2D eigenvalue weighted by Crippen LogP contribution is 2.21. The van der Waals surface area contributed by atoms with E-state index in [4.69, 9.17) is 0 Å². The molecule has 0 atom stereocenters. The van der Waals surface area contributed by atoms with Gasteiger partial charge >= 0.3 is 0 Å². The number of nitrogens with zero attached hydrogens (tertiary/aromatic N) is 4. The van der Waals surface area contributed by atoms with Crippen LogP contribution in [0.5, 0.6) is 0 Å². The Bertz CT molecular complexity index is 837. The van der Waals surface area contributed by atoms with E-state index in [1.54, 1.807) is 6.21 Å². The second kappa shape index (κ2) is 5.73. The van der Waals surface area contributed by atoms with Crippen molar-refractivity contribution in [2.45, 2.75) is 6.92 Å². The normalized spacial score (nSPS) is 11.9. The fraction of sp³-hybridized carbons (Fsp3) is 0.188. The van der Waals surface area contributed by atoms with Crippen molar-refractivity contribution in [1.82, 2.24) is 8.75 Å². The van der Waals surface area contributed by atoms with Gasteiger partial charge in [-0.2, -0.15) is 13.5 Å². The zero-order valence-electron chi connectivity index (χ0n) is 12.6. The number of benzene rings is 2. The van der Waals surface area contributed by atoms with E-state index in [-0.39, 0.29) is 0 Å². The maximum atomic E-state index is 12.3. The van der Waals surface area contributed by atoms with Crippen molar-refractivity contribution in [2.75, 3.05) is 19.0 Å². The molecule has 0 spiro atoms. The third kappa shape index (κ3) is 2.65. The molecule has 0 unspecified atom stereocenters. The van der Waals surface area contributed by atoms with Crippen molar-refractivity contribution in [1.29, 1.82) is 0 Å². The van der Waals surface area contributed by atoms with Gasteiger partial charge in [-0.25, -0.2) is 0 Å². The summed E-state index contributed by atoms with van der Waals surface area (Å²) in [5.74, 6) is 0. The molecular weight excluding hydrogens is 296 g/mol. The number of anilines is 1. The summed E-state index contributed by atoms with van der Waals surface area (Å²) in [5.41, 5.74) is 5.11. The molecule has 0 aliphatic heterocycles. The van der Waals surface area contributed by atoms with E-state index in [0.29, 0.717) is 5.69 Å². The van der Waals surface area contributed by atoms with Gasteiger partial charge in [-0.05, 0) is 30.7 Å². The van der Waals surface area contributed by atoms with Crippen molar-refractivity contribution in [3.05, 3.63) is 52.7 Å². The van der Waals surface area contributed by atoms with Gasteiger partial charge in [-0.3, -0.25) is 0 Å². The fourth-order valence-electron chi connectivity index (χ4n) is 2.21. The summed E-state index contributed by atoms with van der Waals surface area (Å²) in [5, 5.41) is 12.3. The maximum Gasteiger partial charge on any atom is 0.216 e. The van der Waals surface area contributed by atoms with E-state index in [1.807, 2.05) is 62.3 Å². The average Bonchev–Trinajstić information content (AvgIpc) is 3.01. The van der Waals surface area contributed by atoms with Gasteiger partial charge in [0.25, 0.3) is 0 Å². The molecule has 0 saturated heterocycles. The highest BCUT2D eigenvalue weighted by atomic mass is 32.1. The van der Waals surface area contributed by atoms with Crippen LogP contribution in [0.2, 0.25) is 0 Å². The molecule has 3 aromatic rings. The van der Waals surface area contributed by atoms with Crippen molar-refractivity contribution in [3.63, 3.8) is 0 Å². The third-order valence-corrected chi connectivity index (χ3v) is 4.05. The van der Waals surface area contributed by atoms with E-state index in [1.165, 1.54) is 0 Å². The Morgan fingerprint density at radius 3 is 2.41 bits per heavy atom. The molecule has 0 fully saturated rings. The molecule has 3 rings (SSSR count). The van der Waals surface area contributed by atoms with Gasteiger partial charge in [0, 0.05) is 31.9 Å². The summed E-state index contributed by atoms with van der Waals surface area (Å²) in [6.45, 7) is 1.99. The maximum absolute atomic E-state index is 12.3. The third-order valence-electron chi connectivity index (χ3n) is 3.53. The SMILES string of the molecule is Cc1ccc(/C=[N+](/[O-])c2ccc(N(C)C)cc2)c2nsnc12. The van der Waals surface area contributed by atoms with E-state index in [9.17, 15) is 5.21 Å². The monoisotopic (exact) mass is 312 g/mol. The van der Waals surface area contributed by atoms with Crippen LogP contribution < -0.4 is 4.90 Å². The quantitative estimate of drug-likeness (QED) is 0.322. The van der Waals surface area contributed by atoms with Crippen LogP contribution in [0.4, 0.5) is 11.4 Å². The Morgan fingerprint density at radius 1 is 1.05 bits per heavy atom. The fourth-order valence-corrected chi connectivity index (χ4v) is 2.84. The van der Waals surface area contributed by atoms with Crippen LogP contribution in [0.1, 0.15) is 11.1 Å². The van der Waals surface area contributed by atoms with Crippen LogP contribution in [0.15, 0.2) is 36.4 Å². The zero-order chi connectivity index (χ0) is 15.7. The molecule has 0 amide bonds. The van der Waals surface area contributed by atoms with Crippen molar-refractivity contribution >= 4 is 40.4 Å². The lowest BCUT2D eigenvalue weighted by Crippen LogP contribution is -2.08. The molecule has 0 N–H and O–H groups in total. The molecular formula is C16H16N4OS. The van der Waals surface area contributed by atoms with Crippen LogP contribution in [0.3, 0.4) is 0 Å². The van der Waals surface area contributed by atoms with Gasteiger partial charge < -0.3 is 10.1 Å². The van der Waals surface area contributed by atoms with E-state index in [0.717, 1.165) is 44.3 Å². The summed E-state index contributed by atoms with van der Waals surface area (Å²) in [6.07, 6.45) is 1.55. The van der Waals surface area contributed by atoms with Crippen LogP contribution >= 0.6 is 11.7 Å². The van der Waals surface area contributed by atoms with Crippen LogP contribution in [-0.2, 0) is 0 Å². The number of hydrogen-bond donors (Lipinski definition) is 0. The molecule has 1 heterocycles. The Hall–Kier alpha value is -2.47. The predicted molar refractivity (Wildman–Crippen MR) is 91.4 cm³/mol. The first-order valence-corrected chi connectivity index (χ1v) is 7.60. The van der Waals surface area contributed by atoms with Crippen molar-refractivity contribution in [3.8, 4) is 0 Å². The first kappa shape index (κ1) is 14.5. The van der Waals surface area contributed by atoms with Gasteiger partial charge in [0.1, 0.15) is 11.0 Å². The summed E-state index contributed by atoms with van der Waals surface area (Å²) < 4.78 is 9.43. The van der Waals surface area contributed by atoms with Crippen molar-refractivity contribution < 1.29 is 4.74 Å². The first-order chi connectivity index (χ1) is 10.6. The summed E-state index contributed by atoms with van der Waals surface area (Å²) in [7, 11) is 3.93. The molecule has 22 heavy (non-hydrogen) atoms. The topological polar surface area (TPSA) is 55.1 Å². The Labute approximate surface area is 133 Å². The predicted octanol–water partition coefficient (Wildman–Crippen LogP) is 3.33. The van der Waals surface area contributed by atoms with E-state index in [2.05, 4.69) is 8.75 Å². The van der Waals surface area contributed by atoms with Gasteiger partial charge in [0.05, 0.1) is 17.3 Å². The van der Waals surface area contributed by atoms with Gasteiger partial charge in [0.15, 0.2) is 6.21 Å². The van der Waals surface area contributed by atoms with Gasteiger partial charge in [0.2, 0.25) is 5.69 Å². The van der Waals surface area contributed by atoms with Gasteiger partial charge in [-0.15, -0.1) is 0 Å². The van der Waals surface area contributed by atoms with Crippen LogP contribution in [0, 0.1) is 12.1 Å². The minimum atomic E-state index is 0.586. The number of aryl methyl sites for hydroxylation is 1. The Balaban J connectivity index is 1.99. The smallest absolute Gasteiger partial charge is 0.216 e. The molecule has 0 saturated carbocycles. The molecule has 5 nitrogen and oxygen atoms in total. The molecule has 6 heteroatoms. The molecule has 2 aromatic carbocycles. The molecule has 0 radical (unpaired) electrons. The summed E-state index contributed by atoms with van der Waals surface area (Å²) in [6, 6.07) is 11.3. The minimum absolute atomic E-state index is 0.586. The molecule has 0 aliphatic rings. The second-order valence-corrected chi connectivity index (χ2v) is 5.83. The number of rotatable bonds is 3. The highest BCUT2D eigenvalue weighted by Gasteiger charge is 2.10. The van der Waals surface area contributed by atoms with Crippen molar-refractivity contribution in [2.24, 2.45) is 0 Å². The van der Waals surface area contributed by atoms with E-state index < -0.39 is 0 Å². The molecule has 0 aliphatic carbocycles. The first-order valence-electron chi connectivity index (χ1n) is 6.87. The van der Waals surface area contributed by atoms with Crippen LogP contribution in [-0.4, -0.2) is 33.8 Å².